The average Bonchev–Trinajstić information content (AvgIpc) is 2.43. The van der Waals surface area contributed by atoms with Gasteiger partial charge in [0.05, 0.1) is 18.2 Å². The predicted molar refractivity (Wildman–Crippen MR) is 73.8 cm³/mol. The van der Waals surface area contributed by atoms with E-state index in [-0.39, 0.29) is 0 Å². The zero-order chi connectivity index (χ0) is 13.7. The highest BCUT2D eigenvalue weighted by Crippen LogP contribution is 2.25. The van der Waals surface area contributed by atoms with Gasteiger partial charge in [-0.1, -0.05) is 30.3 Å². The van der Waals surface area contributed by atoms with E-state index >= 15 is 0 Å². The van der Waals surface area contributed by atoms with Gasteiger partial charge in [0.1, 0.15) is 12.4 Å². The van der Waals surface area contributed by atoms with Gasteiger partial charge in [-0.05, 0) is 30.5 Å². The van der Waals surface area contributed by atoms with Gasteiger partial charge in [-0.25, -0.2) is 0 Å². The smallest absolute Gasteiger partial charge is 0.144 e. The third kappa shape index (κ3) is 3.11. The first kappa shape index (κ1) is 13.1. The summed E-state index contributed by atoms with van der Waals surface area (Å²) in [6, 6.07) is 12.2. The van der Waals surface area contributed by atoms with Crippen LogP contribution in [0.5, 0.6) is 5.75 Å². The molecule has 1 heterocycles. The molecule has 0 unspecified atom stereocenters. The Labute approximate surface area is 113 Å². The molecule has 96 valence electrons. The standard InChI is InChI=1S/C16H16N2O/c1-12-15(8-9-17)10-18-13(2)16(12)19-11-14-6-4-3-5-7-14/h3-7,10H,8,11H2,1-2H3. The second-order valence-corrected chi connectivity index (χ2v) is 4.43. The van der Waals surface area contributed by atoms with E-state index in [4.69, 9.17) is 10.00 Å². The Bertz CT molecular complexity index is 600. The van der Waals surface area contributed by atoms with Crippen LogP contribution in [0.1, 0.15) is 22.4 Å². The molecule has 0 saturated carbocycles. The van der Waals surface area contributed by atoms with Crippen LogP contribution in [0.3, 0.4) is 0 Å². The predicted octanol–water partition coefficient (Wildman–Crippen LogP) is 3.34. The molecule has 3 nitrogen and oxygen atoms in total. The van der Waals surface area contributed by atoms with E-state index in [0.29, 0.717) is 13.0 Å². The molecule has 0 spiro atoms. The summed E-state index contributed by atoms with van der Waals surface area (Å²) in [7, 11) is 0. The molecule has 2 aromatic rings. The van der Waals surface area contributed by atoms with E-state index in [1.807, 2.05) is 44.2 Å². The Kier molecular flexibility index (Phi) is 4.15. The fourth-order valence-corrected chi connectivity index (χ4v) is 1.95. The molecule has 0 aliphatic heterocycles. The Morgan fingerprint density at radius 2 is 1.95 bits per heavy atom. The molecule has 1 aromatic carbocycles. The quantitative estimate of drug-likeness (QED) is 0.838. The number of ether oxygens (including phenoxy) is 1. The highest BCUT2D eigenvalue weighted by Gasteiger charge is 2.10. The number of aromatic nitrogens is 1. The number of benzene rings is 1. The Morgan fingerprint density at radius 3 is 2.63 bits per heavy atom. The second-order valence-electron chi connectivity index (χ2n) is 4.43. The van der Waals surface area contributed by atoms with Gasteiger partial charge < -0.3 is 4.74 Å². The summed E-state index contributed by atoms with van der Waals surface area (Å²) in [6.07, 6.45) is 2.12. The van der Waals surface area contributed by atoms with Crippen molar-refractivity contribution in [2.24, 2.45) is 0 Å². The fourth-order valence-electron chi connectivity index (χ4n) is 1.95. The van der Waals surface area contributed by atoms with Crippen molar-refractivity contribution in [3.05, 3.63) is 58.9 Å². The lowest BCUT2D eigenvalue weighted by atomic mass is 10.1. The van der Waals surface area contributed by atoms with E-state index < -0.39 is 0 Å². The number of hydrogen-bond donors (Lipinski definition) is 0. The van der Waals surface area contributed by atoms with Crippen molar-refractivity contribution in [3.63, 3.8) is 0 Å². The van der Waals surface area contributed by atoms with Gasteiger partial charge in [0.25, 0.3) is 0 Å². The average molecular weight is 252 g/mol. The van der Waals surface area contributed by atoms with Crippen LogP contribution < -0.4 is 4.74 Å². The molecule has 0 radical (unpaired) electrons. The topological polar surface area (TPSA) is 45.9 Å². The lowest BCUT2D eigenvalue weighted by Gasteiger charge is -2.13. The molecule has 19 heavy (non-hydrogen) atoms. The van der Waals surface area contributed by atoms with Crippen molar-refractivity contribution in [3.8, 4) is 11.8 Å². The van der Waals surface area contributed by atoms with Gasteiger partial charge in [0.2, 0.25) is 0 Å². The van der Waals surface area contributed by atoms with Gasteiger partial charge in [-0.2, -0.15) is 5.26 Å². The summed E-state index contributed by atoms with van der Waals surface area (Å²) < 4.78 is 5.87. The molecule has 1 aromatic heterocycles. The number of hydrogen-bond acceptors (Lipinski definition) is 3. The number of rotatable bonds is 4. The Balaban J connectivity index is 2.20. The maximum Gasteiger partial charge on any atom is 0.144 e. The third-order valence-corrected chi connectivity index (χ3v) is 3.06. The highest BCUT2D eigenvalue weighted by atomic mass is 16.5. The van der Waals surface area contributed by atoms with E-state index in [2.05, 4.69) is 11.1 Å². The first-order valence-corrected chi connectivity index (χ1v) is 6.21. The summed E-state index contributed by atoms with van der Waals surface area (Å²) in [4.78, 5) is 4.29. The molecule has 0 fully saturated rings. The molecular formula is C16H16N2O. The molecule has 0 atom stereocenters. The molecule has 0 N–H and O–H groups in total. The summed E-state index contributed by atoms with van der Waals surface area (Å²) in [5.41, 5.74) is 3.91. The summed E-state index contributed by atoms with van der Waals surface area (Å²) in [5, 5.41) is 8.79. The maximum atomic E-state index is 8.79. The number of aryl methyl sites for hydroxylation is 1. The van der Waals surface area contributed by atoms with E-state index in [9.17, 15) is 0 Å². The molecule has 0 aliphatic rings. The fraction of sp³-hybridized carbons (Fsp3) is 0.250. The highest BCUT2D eigenvalue weighted by molar-refractivity contribution is 5.42. The van der Waals surface area contributed by atoms with Crippen LogP contribution in [-0.4, -0.2) is 4.98 Å². The van der Waals surface area contributed by atoms with Crippen molar-refractivity contribution in [1.29, 1.82) is 5.26 Å². The van der Waals surface area contributed by atoms with Gasteiger partial charge in [0, 0.05) is 6.20 Å². The Morgan fingerprint density at radius 1 is 1.21 bits per heavy atom. The van der Waals surface area contributed by atoms with E-state index in [1.54, 1.807) is 6.20 Å². The van der Waals surface area contributed by atoms with Gasteiger partial charge in [0.15, 0.2) is 0 Å². The van der Waals surface area contributed by atoms with Gasteiger partial charge in [-0.3, -0.25) is 4.98 Å². The lowest BCUT2D eigenvalue weighted by molar-refractivity contribution is 0.300. The van der Waals surface area contributed by atoms with Crippen LogP contribution in [0, 0.1) is 25.2 Å². The zero-order valence-electron chi connectivity index (χ0n) is 11.2. The minimum Gasteiger partial charge on any atom is -0.487 e. The van der Waals surface area contributed by atoms with Crippen LogP contribution >= 0.6 is 0 Å². The number of nitrogens with zero attached hydrogens (tertiary/aromatic N) is 2. The Hall–Kier alpha value is -2.34. The van der Waals surface area contributed by atoms with Crippen LogP contribution in [0.25, 0.3) is 0 Å². The van der Waals surface area contributed by atoms with Crippen LogP contribution in [0.2, 0.25) is 0 Å². The zero-order valence-corrected chi connectivity index (χ0v) is 11.2. The number of pyridine rings is 1. The van der Waals surface area contributed by atoms with Crippen molar-refractivity contribution in [1.82, 2.24) is 4.98 Å². The first-order valence-electron chi connectivity index (χ1n) is 6.21. The lowest BCUT2D eigenvalue weighted by Crippen LogP contribution is -2.02. The van der Waals surface area contributed by atoms with Crippen LogP contribution in [0.4, 0.5) is 0 Å². The molecule has 0 aliphatic carbocycles. The summed E-state index contributed by atoms with van der Waals surface area (Å²) in [5.74, 6) is 0.789. The molecule has 2 rings (SSSR count). The number of nitriles is 1. The van der Waals surface area contributed by atoms with Crippen LogP contribution in [-0.2, 0) is 13.0 Å². The van der Waals surface area contributed by atoms with Crippen molar-refractivity contribution < 1.29 is 4.74 Å². The SMILES string of the molecule is Cc1ncc(CC#N)c(C)c1OCc1ccccc1. The van der Waals surface area contributed by atoms with Gasteiger partial charge in [-0.15, -0.1) is 0 Å². The molecular weight excluding hydrogens is 236 g/mol. The van der Waals surface area contributed by atoms with Crippen molar-refractivity contribution in [2.45, 2.75) is 26.9 Å². The molecule has 3 heteroatoms. The summed E-state index contributed by atoms with van der Waals surface area (Å²) >= 11 is 0. The monoisotopic (exact) mass is 252 g/mol. The molecule has 0 amide bonds. The minimum absolute atomic E-state index is 0.362. The van der Waals surface area contributed by atoms with Crippen molar-refractivity contribution >= 4 is 0 Å². The molecule has 0 saturated heterocycles. The second kappa shape index (κ2) is 6.01. The largest absolute Gasteiger partial charge is 0.487 e. The van der Waals surface area contributed by atoms with Crippen LogP contribution in [0.15, 0.2) is 36.5 Å². The van der Waals surface area contributed by atoms with E-state index in [1.165, 1.54) is 0 Å². The first-order chi connectivity index (χ1) is 9.22. The maximum absolute atomic E-state index is 8.79. The summed E-state index contributed by atoms with van der Waals surface area (Å²) in [6.45, 7) is 4.41. The molecule has 0 bridgehead atoms. The minimum atomic E-state index is 0.362. The third-order valence-electron chi connectivity index (χ3n) is 3.06. The van der Waals surface area contributed by atoms with E-state index in [0.717, 1.165) is 28.1 Å². The van der Waals surface area contributed by atoms with Crippen molar-refractivity contribution in [2.75, 3.05) is 0 Å². The normalized spacial score (nSPS) is 9.95. The van der Waals surface area contributed by atoms with Gasteiger partial charge >= 0.3 is 0 Å².